The summed E-state index contributed by atoms with van der Waals surface area (Å²) < 4.78 is 7.12. The highest BCUT2D eigenvalue weighted by Gasteiger charge is 2.70. The van der Waals surface area contributed by atoms with Gasteiger partial charge in [0.2, 0.25) is 0 Å². The van der Waals surface area contributed by atoms with Crippen molar-refractivity contribution < 1.29 is 4.74 Å². The Morgan fingerprint density at radius 1 is 1.00 bits per heavy atom. The van der Waals surface area contributed by atoms with Gasteiger partial charge in [-0.25, -0.2) is 0 Å². The summed E-state index contributed by atoms with van der Waals surface area (Å²) in [5, 5.41) is 1.44. The maximum Gasteiger partial charge on any atom is 0.0863 e. The minimum absolute atomic E-state index is 0.232. The summed E-state index contributed by atoms with van der Waals surface area (Å²) in [4.78, 5) is 12.4. The number of hydrogen-bond acceptors (Lipinski definition) is 4. The van der Waals surface area contributed by atoms with Crippen LogP contribution >= 0.6 is 0 Å². The Hall–Kier alpha value is -2.86. The third-order valence-electron chi connectivity index (χ3n) is 13.9. The molecule has 1 aromatic heterocycles. The van der Waals surface area contributed by atoms with Crippen LogP contribution in [0.2, 0.25) is 0 Å². The first-order chi connectivity index (χ1) is 21.2. The Bertz CT molecular complexity index is 1740. The first-order valence-electron chi connectivity index (χ1n) is 17.2. The molecule has 1 spiro atoms. The molecule has 4 fully saturated rings. The quantitative estimate of drug-likeness (QED) is 0.373. The van der Waals surface area contributed by atoms with Crippen LogP contribution in [0.4, 0.5) is 5.69 Å². The second-order valence-electron chi connectivity index (χ2n) is 15.1. The van der Waals surface area contributed by atoms with Crippen LogP contribution in [-0.4, -0.2) is 65.8 Å². The van der Waals surface area contributed by atoms with E-state index in [2.05, 4.69) is 87.4 Å². The molecule has 2 bridgehead atoms. The fourth-order valence-electron chi connectivity index (χ4n) is 12.2. The van der Waals surface area contributed by atoms with Crippen molar-refractivity contribution in [2.45, 2.75) is 68.7 Å². The number of para-hydroxylation sites is 2. The molecule has 5 heteroatoms. The van der Waals surface area contributed by atoms with Gasteiger partial charge >= 0.3 is 0 Å². The van der Waals surface area contributed by atoms with Gasteiger partial charge in [-0.2, -0.15) is 0 Å². The lowest BCUT2D eigenvalue weighted by molar-refractivity contribution is -0.0400. The van der Waals surface area contributed by atoms with Crippen LogP contribution in [-0.2, 0) is 16.6 Å². The molecule has 0 radical (unpaired) electrons. The van der Waals surface area contributed by atoms with Crippen molar-refractivity contribution in [3.05, 3.63) is 88.8 Å². The zero-order valence-corrected chi connectivity index (χ0v) is 25.2. The maximum absolute atomic E-state index is 7.12. The highest BCUT2D eigenvalue weighted by molar-refractivity contribution is 5.85. The molecule has 8 aliphatic rings. The van der Waals surface area contributed by atoms with E-state index in [1.807, 2.05) is 0 Å². The zero-order chi connectivity index (χ0) is 28.0. The molecule has 43 heavy (non-hydrogen) atoms. The normalized spacial score (nSPS) is 40.4. The number of rotatable bonds is 2. The smallest absolute Gasteiger partial charge is 0.0863 e. The van der Waals surface area contributed by atoms with Gasteiger partial charge in [-0.1, -0.05) is 61.4 Å². The summed E-state index contributed by atoms with van der Waals surface area (Å²) >= 11 is 0. The minimum Gasteiger partial charge on any atom is -0.369 e. The van der Waals surface area contributed by atoms with E-state index in [0.717, 1.165) is 13.0 Å². The molecular weight excluding hydrogens is 528 g/mol. The Morgan fingerprint density at radius 2 is 1.91 bits per heavy atom. The number of hydrogen-bond donors (Lipinski definition) is 1. The zero-order valence-electron chi connectivity index (χ0n) is 25.2. The van der Waals surface area contributed by atoms with Crippen molar-refractivity contribution in [1.82, 2.24) is 14.8 Å². The molecule has 11 rings (SSSR count). The molecule has 3 aromatic rings. The Kier molecular flexibility index (Phi) is 4.80. The van der Waals surface area contributed by atoms with E-state index in [0.29, 0.717) is 41.8 Å². The minimum atomic E-state index is 0.232. The first-order valence-corrected chi connectivity index (χ1v) is 17.2. The fourth-order valence-corrected chi connectivity index (χ4v) is 12.2. The lowest BCUT2D eigenvalue weighted by Gasteiger charge is -2.60. The number of benzene rings is 2. The number of H-pyrrole nitrogens is 1. The second-order valence-corrected chi connectivity index (χ2v) is 15.1. The van der Waals surface area contributed by atoms with Crippen molar-refractivity contribution in [3.63, 3.8) is 0 Å². The molecule has 1 aliphatic carbocycles. The predicted octanol–water partition coefficient (Wildman–Crippen LogP) is 6.19. The van der Waals surface area contributed by atoms with Crippen molar-refractivity contribution >= 4 is 16.6 Å². The van der Waals surface area contributed by atoms with E-state index in [4.69, 9.17) is 4.74 Å². The molecule has 9 unspecified atom stereocenters. The van der Waals surface area contributed by atoms with E-state index in [-0.39, 0.29) is 11.5 Å². The predicted molar refractivity (Wildman–Crippen MR) is 170 cm³/mol. The highest BCUT2D eigenvalue weighted by Crippen LogP contribution is 2.66. The summed E-state index contributed by atoms with van der Waals surface area (Å²) in [6.07, 6.45) is 11.6. The molecule has 7 aliphatic heterocycles. The van der Waals surface area contributed by atoms with Gasteiger partial charge in [-0.05, 0) is 78.8 Å². The van der Waals surface area contributed by atoms with Gasteiger partial charge in [0.05, 0.1) is 24.8 Å². The Morgan fingerprint density at radius 3 is 2.86 bits per heavy atom. The number of nitrogens with zero attached hydrogens (tertiary/aromatic N) is 3. The maximum atomic E-state index is 7.12. The lowest BCUT2D eigenvalue weighted by atomic mass is 9.52. The lowest BCUT2D eigenvalue weighted by Crippen LogP contribution is -2.67. The number of ether oxygens (including phenoxy) is 1. The summed E-state index contributed by atoms with van der Waals surface area (Å²) in [7, 11) is 0. The van der Waals surface area contributed by atoms with Crippen molar-refractivity contribution in [3.8, 4) is 0 Å². The molecule has 3 saturated heterocycles. The molecule has 220 valence electrons. The van der Waals surface area contributed by atoms with Crippen LogP contribution in [0.3, 0.4) is 0 Å². The average molecular weight is 571 g/mol. The van der Waals surface area contributed by atoms with Crippen molar-refractivity contribution in [1.29, 1.82) is 0 Å². The van der Waals surface area contributed by atoms with Crippen molar-refractivity contribution in [2.24, 2.45) is 23.7 Å². The van der Waals surface area contributed by atoms with Gasteiger partial charge in [0, 0.05) is 65.5 Å². The van der Waals surface area contributed by atoms with Gasteiger partial charge in [-0.3, -0.25) is 9.80 Å². The summed E-state index contributed by atoms with van der Waals surface area (Å²) in [5.41, 5.74) is 11.1. The highest BCUT2D eigenvalue weighted by atomic mass is 16.5. The monoisotopic (exact) mass is 570 g/mol. The third kappa shape index (κ3) is 2.91. The number of anilines is 1. The number of fused-ring (bicyclic) bond motifs is 7. The summed E-state index contributed by atoms with van der Waals surface area (Å²) in [5.74, 6) is 2.41. The van der Waals surface area contributed by atoms with Crippen LogP contribution in [0, 0.1) is 23.7 Å². The van der Waals surface area contributed by atoms with E-state index in [1.54, 1.807) is 22.3 Å². The van der Waals surface area contributed by atoms with E-state index >= 15 is 0 Å². The molecule has 2 aromatic carbocycles. The van der Waals surface area contributed by atoms with Gasteiger partial charge in [0.25, 0.3) is 0 Å². The molecule has 5 nitrogen and oxygen atoms in total. The first kappa shape index (κ1) is 24.5. The Labute approximate surface area is 254 Å². The van der Waals surface area contributed by atoms with E-state index < -0.39 is 0 Å². The van der Waals surface area contributed by atoms with Crippen molar-refractivity contribution in [2.75, 3.05) is 37.7 Å². The average Bonchev–Trinajstić information content (AvgIpc) is 3.67. The van der Waals surface area contributed by atoms with Gasteiger partial charge < -0.3 is 14.6 Å². The molecule has 1 N–H and O–H groups in total. The molecule has 1 saturated carbocycles. The van der Waals surface area contributed by atoms with E-state index in [9.17, 15) is 0 Å². The SMILES string of the molecule is CCC1CN2CCc3c([nH]c4ccccc34)C2CC1C1=CN2c3ccccc3C34CCN5CC6=CCOC1C(C6CC53)C24. The Balaban J connectivity index is 1.07. The number of piperidine rings is 2. The molecular formula is C38H42N4O. The number of nitrogens with one attached hydrogen (secondary N) is 1. The van der Waals surface area contributed by atoms with Crippen LogP contribution < -0.4 is 4.90 Å². The number of aromatic amines is 1. The molecule has 0 amide bonds. The van der Waals surface area contributed by atoms with E-state index in [1.165, 1.54) is 74.1 Å². The second kappa shape index (κ2) is 8.44. The van der Waals surface area contributed by atoms with Crippen LogP contribution in [0.1, 0.15) is 55.5 Å². The van der Waals surface area contributed by atoms with Crippen LogP contribution in [0.5, 0.6) is 0 Å². The molecule has 9 atom stereocenters. The van der Waals surface area contributed by atoms with Gasteiger partial charge in [0.15, 0.2) is 0 Å². The fraction of sp³-hybridized carbons (Fsp3) is 0.526. The van der Waals surface area contributed by atoms with Gasteiger partial charge in [0.1, 0.15) is 0 Å². The summed E-state index contributed by atoms with van der Waals surface area (Å²) in [6, 6.07) is 20.2. The largest absolute Gasteiger partial charge is 0.369 e. The topological polar surface area (TPSA) is 34.7 Å². The summed E-state index contributed by atoms with van der Waals surface area (Å²) in [6.45, 7) is 8.01. The van der Waals surface area contributed by atoms with Crippen LogP contribution in [0.15, 0.2) is 72.0 Å². The third-order valence-corrected chi connectivity index (χ3v) is 13.9. The molecule has 8 heterocycles. The number of aromatic nitrogens is 1. The van der Waals surface area contributed by atoms with Crippen LogP contribution in [0.25, 0.3) is 10.9 Å². The standard InChI is InChI=1S/C38H42N4O/c1-2-22-19-40-14-11-25-24-7-3-5-9-30(24)39-35(25)32(40)17-26(22)28-21-42-31-10-6-4-8-29(31)38-13-15-41-20-23-12-16-43-36(28)34(37(38)42)27(23)18-33(38)41/h3-10,12,21-22,26-27,32-34,36-37,39H,2,11,13-20H2,1H3. The van der Waals surface area contributed by atoms with Gasteiger partial charge in [-0.15, -0.1) is 0 Å².